The van der Waals surface area contributed by atoms with Crippen LogP contribution >= 0.6 is 12.4 Å². The molecule has 22 heavy (non-hydrogen) atoms. The molecule has 1 aromatic carbocycles. The maximum atomic E-state index is 12.4. The average Bonchev–Trinajstić information content (AvgIpc) is 2.91. The molecule has 0 saturated heterocycles. The standard InChI is InChI=1S/C17H26N2O2.ClH/c1-11(2)16(12-5-8-15(21-3)9-6-12)19-17(20)13-4-7-14(18)10-13;/h5-6,8-9,11,13-14,16H,4,7,10,18H2,1-3H3,(H,19,20);1H. The second-order valence-electron chi connectivity index (χ2n) is 6.27. The van der Waals surface area contributed by atoms with E-state index in [9.17, 15) is 4.79 Å². The molecule has 0 radical (unpaired) electrons. The summed E-state index contributed by atoms with van der Waals surface area (Å²) in [6.07, 6.45) is 2.66. The summed E-state index contributed by atoms with van der Waals surface area (Å²) < 4.78 is 5.18. The number of methoxy groups -OCH3 is 1. The van der Waals surface area contributed by atoms with E-state index < -0.39 is 0 Å². The van der Waals surface area contributed by atoms with Crippen molar-refractivity contribution in [1.82, 2.24) is 5.32 Å². The smallest absolute Gasteiger partial charge is 0.223 e. The SMILES string of the molecule is COc1ccc(C(NC(=O)C2CCC(N)C2)C(C)C)cc1.Cl. The van der Waals surface area contributed by atoms with Crippen LogP contribution in [0.25, 0.3) is 0 Å². The average molecular weight is 327 g/mol. The van der Waals surface area contributed by atoms with Crippen LogP contribution in [0.5, 0.6) is 5.75 Å². The number of benzene rings is 1. The lowest BCUT2D eigenvalue weighted by Crippen LogP contribution is -2.36. The van der Waals surface area contributed by atoms with Crippen LogP contribution in [0.1, 0.15) is 44.7 Å². The highest BCUT2D eigenvalue weighted by Gasteiger charge is 2.29. The van der Waals surface area contributed by atoms with Gasteiger partial charge in [0.1, 0.15) is 5.75 Å². The number of carbonyl (C=O) groups excluding carboxylic acids is 1. The van der Waals surface area contributed by atoms with Crippen LogP contribution < -0.4 is 15.8 Å². The van der Waals surface area contributed by atoms with Gasteiger partial charge in [-0.2, -0.15) is 0 Å². The van der Waals surface area contributed by atoms with Gasteiger partial charge in [-0.15, -0.1) is 12.4 Å². The molecule has 0 bridgehead atoms. The molecule has 1 fully saturated rings. The van der Waals surface area contributed by atoms with Gasteiger partial charge in [0.05, 0.1) is 13.2 Å². The van der Waals surface area contributed by atoms with Gasteiger partial charge in [-0.25, -0.2) is 0 Å². The molecule has 124 valence electrons. The van der Waals surface area contributed by atoms with E-state index in [2.05, 4.69) is 19.2 Å². The Morgan fingerprint density at radius 1 is 1.27 bits per heavy atom. The van der Waals surface area contributed by atoms with Crippen LogP contribution in [0.15, 0.2) is 24.3 Å². The maximum Gasteiger partial charge on any atom is 0.223 e. The molecule has 0 heterocycles. The molecule has 3 N–H and O–H groups in total. The molecule has 5 heteroatoms. The molecule has 1 amide bonds. The molecule has 1 aliphatic rings. The quantitative estimate of drug-likeness (QED) is 0.874. The predicted octanol–water partition coefficient (Wildman–Crippen LogP) is 3.06. The summed E-state index contributed by atoms with van der Waals surface area (Å²) in [6, 6.07) is 8.11. The second-order valence-corrected chi connectivity index (χ2v) is 6.27. The lowest BCUT2D eigenvalue weighted by Gasteiger charge is -2.25. The molecule has 1 saturated carbocycles. The molecule has 3 atom stereocenters. The monoisotopic (exact) mass is 326 g/mol. The third-order valence-electron chi connectivity index (χ3n) is 4.28. The van der Waals surface area contributed by atoms with Crippen LogP contribution in [0.2, 0.25) is 0 Å². The van der Waals surface area contributed by atoms with Crippen LogP contribution in [0, 0.1) is 11.8 Å². The van der Waals surface area contributed by atoms with Crippen molar-refractivity contribution < 1.29 is 9.53 Å². The van der Waals surface area contributed by atoms with Gasteiger partial charge >= 0.3 is 0 Å². The zero-order chi connectivity index (χ0) is 15.4. The van der Waals surface area contributed by atoms with Crippen molar-refractivity contribution >= 4 is 18.3 Å². The summed E-state index contributed by atoms with van der Waals surface area (Å²) in [7, 11) is 1.65. The van der Waals surface area contributed by atoms with Crippen molar-refractivity contribution in [2.24, 2.45) is 17.6 Å². The van der Waals surface area contributed by atoms with E-state index in [1.807, 2.05) is 24.3 Å². The first-order valence-corrected chi connectivity index (χ1v) is 7.71. The largest absolute Gasteiger partial charge is 0.497 e. The van der Waals surface area contributed by atoms with E-state index in [4.69, 9.17) is 10.5 Å². The van der Waals surface area contributed by atoms with Gasteiger partial charge in [0.15, 0.2) is 0 Å². The highest BCUT2D eigenvalue weighted by atomic mass is 35.5. The molecular formula is C17H27ClN2O2. The number of nitrogens with one attached hydrogen (secondary N) is 1. The first-order valence-electron chi connectivity index (χ1n) is 7.71. The Labute approximate surface area is 139 Å². The van der Waals surface area contributed by atoms with Crippen LogP contribution in [0.3, 0.4) is 0 Å². The Morgan fingerprint density at radius 3 is 2.36 bits per heavy atom. The van der Waals surface area contributed by atoms with Crippen molar-refractivity contribution in [1.29, 1.82) is 0 Å². The molecule has 1 aromatic rings. The Morgan fingerprint density at radius 2 is 1.91 bits per heavy atom. The normalized spacial score (nSPS) is 22.0. The molecule has 1 aliphatic carbocycles. The summed E-state index contributed by atoms with van der Waals surface area (Å²) in [5.41, 5.74) is 7.02. The predicted molar refractivity (Wildman–Crippen MR) is 91.3 cm³/mol. The van der Waals surface area contributed by atoms with Crippen molar-refractivity contribution in [2.75, 3.05) is 7.11 Å². The highest BCUT2D eigenvalue weighted by molar-refractivity contribution is 5.85. The van der Waals surface area contributed by atoms with Crippen LogP contribution in [-0.2, 0) is 4.79 Å². The fourth-order valence-corrected chi connectivity index (χ4v) is 2.97. The number of hydrogen-bond donors (Lipinski definition) is 2. The summed E-state index contributed by atoms with van der Waals surface area (Å²) in [5.74, 6) is 1.36. The van der Waals surface area contributed by atoms with E-state index in [-0.39, 0.29) is 36.3 Å². The number of ether oxygens (including phenoxy) is 1. The van der Waals surface area contributed by atoms with Gasteiger partial charge in [0, 0.05) is 12.0 Å². The zero-order valence-corrected chi connectivity index (χ0v) is 14.4. The summed E-state index contributed by atoms with van der Waals surface area (Å²) in [5, 5.41) is 3.20. The fourth-order valence-electron chi connectivity index (χ4n) is 2.97. The first kappa shape index (κ1) is 18.8. The minimum absolute atomic E-state index is 0. The van der Waals surface area contributed by atoms with Gasteiger partial charge in [-0.05, 0) is 42.9 Å². The van der Waals surface area contributed by atoms with Gasteiger partial charge in [0.25, 0.3) is 0 Å². The second kappa shape index (κ2) is 8.39. The van der Waals surface area contributed by atoms with E-state index in [1.54, 1.807) is 7.11 Å². The number of rotatable bonds is 5. The third kappa shape index (κ3) is 4.62. The minimum atomic E-state index is 0. The lowest BCUT2D eigenvalue weighted by molar-refractivity contribution is -0.125. The van der Waals surface area contributed by atoms with E-state index in [0.29, 0.717) is 5.92 Å². The Bertz CT molecular complexity index is 476. The van der Waals surface area contributed by atoms with Gasteiger partial charge in [-0.3, -0.25) is 4.79 Å². The lowest BCUT2D eigenvalue weighted by atomic mass is 9.94. The Hall–Kier alpha value is -1.26. The van der Waals surface area contributed by atoms with Crippen molar-refractivity contribution in [3.05, 3.63) is 29.8 Å². The maximum absolute atomic E-state index is 12.4. The van der Waals surface area contributed by atoms with Gasteiger partial charge in [0.2, 0.25) is 5.91 Å². The van der Waals surface area contributed by atoms with Gasteiger partial charge < -0.3 is 15.8 Å². The summed E-state index contributed by atoms with van der Waals surface area (Å²) in [4.78, 5) is 12.4. The Kier molecular flexibility index (Phi) is 7.17. The molecule has 4 nitrogen and oxygen atoms in total. The molecule has 0 aromatic heterocycles. The third-order valence-corrected chi connectivity index (χ3v) is 4.28. The number of halogens is 1. The minimum Gasteiger partial charge on any atom is -0.497 e. The van der Waals surface area contributed by atoms with Crippen molar-refractivity contribution in [3.8, 4) is 5.75 Å². The molecule has 3 unspecified atom stereocenters. The van der Waals surface area contributed by atoms with E-state index in [1.165, 1.54) is 0 Å². The number of nitrogens with two attached hydrogens (primary N) is 1. The summed E-state index contributed by atoms with van der Waals surface area (Å²) in [6.45, 7) is 4.24. The van der Waals surface area contributed by atoms with Crippen molar-refractivity contribution in [2.45, 2.75) is 45.2 Å². The molecular weight excluding hydrogens is 300 g/mol. The Balaban J connectivity index is 0.00000242. The summed E-state index contributed by atoms with van der Waals surface area (Å²) >= 11 is 0. The fraction of sp³-hybridized carbons (Fsp3) is 0.588. The first-order chi connectivity index (χ1) is 10.0. The van der Waals surface area contributed by atoms with E-state index >= 15 is 0 Å². The highest BCUT2D eigenvalue weighted by Crippen LogP contribution is 2.28. The topological polar surface area (TPSA) is 64.3 Å². The number of carbonyl (C=O) groups is 1. The zero-order valence-electron chi connectivity index (χ0n) is 13.5. The van der Waals surface area contributed by atoms with E-state index in [0.717, 1.165) is 30.6 Å². The molecule has 0 spiro atoms. The molecule has 2 rings (SSSR count). The van der Waals surface area contributed by atoms with Crippen LogP contribution in [0.4, 0.5) is 0 Å². The number of amides is 1. The molecule has 0 aliphatic heterocycles. The van der Waals surface area contributed by atoms with Gasteiger partial charge in [-0.1, -0.05) is 26.0 Å². The number of hydrogen-bond acceptors (Lipinski definition) is 3. The van der Waals surface area contributed by atoms with Crippen LogP contribution in [-0.4, -0.2) is 19.1 Å². The van der Waals surface area contributed by atoms with Crippen molar-refractivity contribution in [3.63, 3.8) is 0 Å².